The molecule has 1 spiro atoms. The molecule has 1 saturated carbocycles. The molecule has 3 nitrogen and oxygen atoms in total. The van der Waals surface area contributed by atoms with Crippen LogP contribution in [0, 0.1) is 0 Å². The second-order valence-corrected chi connectivity index (χ2v) is 13.1. The van der Waals surface area contributed by atoms with Gasteiger partial charge in [0.25, 0.3) is 0 Å². The molecule has 47 heavy (non-hydrogen) atoms. The molecule has 6 aromatic carbocycles. The Morgan fingerprint density at radius 3 is 1.89 bits per heavy atom. The highest BCUT2D eigenvalue weighted by Crippen LogP contribution is 2.55. The average Bonchev–Trinajstić information content (AvgIpc) is 3.15. The zero-order chi connectivity index (χ0) is 31.2. The van der Waals surface area contributed by atoms with Crippen molar-refractivity contribution in [2.45, 2.75) is 43.6 Å². The topological polar surface area (TPSA) is 33.6 Å². The van der Waals surface area contributed by atoms with Gasteiger partial charge in [-0.1, -0.05) is 141 Å². The predicted molar refractivity (Wildman–Crippen MR) is 192 cm³/mol. The van der Waals surface area contributed by atoms with E-state index in [4.69, 9.17) is 9.73 Å². The summed E-state index contributed by atoms with van der Waals surface area (Å²) in [5.74, 6) is 2.94. The highest BCUT2D eigenvalue weighted by Gasteiger charge is 2.42. The van der Waals surface area contributed by atoms with Gasteiger partial charge in [0, 0.05) is 27.7 Å². The number of para-hydroxylation sites is 2. The number of aliphatic imine (C=N–C) groups is 1. The first-order chi connectivity index (χ1) is 23.2. The maximum Gasteiger partial charge on any atom is 0.134 e. The van der Waals surface area contributed by atoms with Crippen LogP contribution in [0.4, 0.5) is 5.69 Å². The van der Waals surface area contributed by atoms with Gasteiger partial charge < -0.3 is 10.1 Å². The maximum absolute atomic E-state index is 6.46. The molecular weight excluding hydrogens is 572 g/mol. The lowest BCUT2D eigenvalue weighted by Crippen LogP contribution is -2.33. The van der Waals surface area contributed by atoms with Gasteiger partial charge in [0.15, 0.2) is 0 Å². The molecule has 1 unspecified atom stereocenters. The van der Waals surface area contributed by atoms with Crippen molar-refractivity contribution >= 4 is 11.5 Å². The van der Waals surface area contributed by atoms with E-state index in [2.05, 4.69) is 151 Å². The first-order valence-electron chi connectivity index (χ1n) is 16.9. The molecule has 0 saturated heterocycles. The van der Waals surface area contributed by atoms with Crippen LogP contribution in [0.25, 0.3) is 22.3 Å². The monoisotopic (exact) mass is 608 g/mol. The molecule has 9 rings (SSSR count). The Bertz CT molecular complexity index is 2110. The minimum absolute atomic E-state index is 0.0425. The fourth-order valence-corrected chi connectivity index (χ4v) is 8.01. The van der Waals surface area contributed by atoms with E-state index in [-0.39, 0.29) is 11.5 Å². The lowest BCUT2D eigenvalue weighted by atomic mass is 9.63. The smallest absolute Gasteiger partial charge is 0.134 e. The molecule has 2 heterocycles. The molecule has 0 aromatic heterocycles. The van der Waals surface area contributed by atoms with Gasteiger partial charge in [-0.2, -0.15) is 0 Å². The molecule has 2 aliphatic heterocycles. The van der Waals surface area contributed by atoms with Crippen LogP contribution in [0.5, 0.6) is 11.5 Å². The second kappa shape index (κ2) is 11.4. The lowest BCUT2D eigenvalue weighted by molar-refractivity contribution is 0.306. The molecule has 1 fully saturated rings. The van der Waals surface area contributed by atoms with Crippen LogP contribution in [0.1, 0.15) is 66.0 Å². The summed E-state index contributed by atoms with van der Waals surface area (Å²) in [6, 6.07) is 52.3. The molecule has 0 amide bonds. The fourth-order valence-electron chi connectivity index (χ4n) is 8.01. The Morgan fingerprint density at radius 1 is 0.532 bits per heavy atom. The molecule has 1 N–H and O–H groups in total. The second-order valence-electron chi connectivity index (χ2n) is 13.1. The van der Waals surface area contributed by atoms with Crippen LogP contribution in [0.2, 0.25) is 0 Å². The van der Waals surface area contributed by atoms with Crippen molar-refractivity contribution in [3.05, 3.63) is 173 Å². The van der Waals surface area contributed by atoms with Gasteiger partial charge in [-0.05, 0) is 64.9 Å². The minimum atomic E-state index is 0.0425. The summed E-state index contributed by atoms with van der Waals surface area (Å²) in [6.45, 7) is 0. The van der Waals surface area contributed by atoms with E-state index in [0.717, 1.165) is 28.6 Å². The van der Waals surface area contributed by atoms with Gasteiger partial charge in [0.05, 0.1) is 11.7 Å². The van der Waals surface area contributed by atoms with Crippen molar-refractivity contribution < 1.29 is 4.74 Å². The van der Waals surface area contributed by atoms with Crippen molar-refractivity contribution in [1.82, 2.24) is 5.32 Å². The Morgan fingerprint density at radius 2 is 1.13 bits per heavy atom. The number of nitrogens with zero attached hydrogens (tertiary/aromatic N) is 1. The third kappa shape index (κ3) is 4.85. The van der Waals surface area contributed by atoms with Crippen molar-refractivity contribution in [2.75, 3.05) is 0 Å². The zero-order valence-electron chi connectivity index (χ0n) is 26.3. The highest BCUT2D eigenvalue weighted by molar-refractivity contribution is 6.02. The summed E-state index contributed by atoms with van der Waals surface area (Å²) in [7, 11) is 0. The van der Waals surface area contributed by atoms with Gasteiger partial charge in [-0.15, -0.1) is 0 Å². The lowest BCUT2D eigenvalue weighted by Gasteiger charge is -2.43. The van der Waals surface area contributed by atoms with E-state index in [1.54, 1.807) is 0 Å². The number of nitrogens with one attached hydrogen (secondary N) is 1. The first kappa shape index (κ1) is 27.9. The number of rotatable bonds is 4. The highest BCUT2D eigenvalue weighted by atomic mass is 16.5. The minimum Gasteiger partial charge on any atom is -0.457 e. The van der Waals surface area contributed by atoms with Crippen LogP contribution in [-0.4, -0.2) is 5.84 Å². The molecule has 3 aliphatic rings. The number of amidine groups is 1. The molecular formula is C44H36N2O. The van der Waals surface area contributed by atoms with Gasteiger partial charge in [0.2, 0.25) is 0 Å². The van der Waals surface area contributed by atoms with Crippen LogP contribution in [0.15, 0.2) is 151 Å². The number of hydrogen-bond donors (Lipinski definition) is 1. The van der Waals surface area contributed by atoms with Gasteiger partial charge in [0.1, 0.15) is 17.3 Å². The number of benzene rings is 6. The number of hydrogen-bond acceptors (Lipinski definition) is 3. The molecule has 1 aliphatic carbocycles. The van der Waals surface area contributed by atoms with Gasteiger partial charge >= 0.3 is 0 Å². The SMILES string of the molecule is c1ccc(C2NC(c3ccc(-c4ccc(-c5ccc6c(c5)C5(CCCCC5)c5ccccc5O6)cc4)cc3)=Nc3ccccc32)cc1. The summed E-state index contributed by atoms with van der Waals surface area (Å²) in [5.41, 5.74) is 12.1. The van der Waals surface area contributed by atoms with Gasteiger partial charge in [-0.3, -0.25) is 0 Å². The third-order valence-electron chi connectivity index (χ3n) is 10.4. The molecule has 0 bridgehead atoms. The Balaban J connectivity index is 0.990. The van der Waals surface area contributed by atoms with E-state index >= 15 is 0 Å². The van der Waals surface area contributed by atoms with Crippen molar-refractivity contribution in [2.24, 2.45) is 4.99 Å². The van der Waals surface area contributed by atoms with E-state index in [1.807, 2.05) is 0 Å². The molecule has 1 atom stereocenters. The summed E-state index contributed by atoms with van der Waals surface area (Å²) in [4.78, 5) is 5.01. The summed E-state index contributed by atoms with van der Waals surface area (Å²) in [5, 5.41) is 3.72. The Hall–Kier alpha value is -5.41. The van der Waals surface area contributed by atoms with Crippen LogP contribution in [0.3, 0.4) is 0 Å². The number of fused-ring (bicyclic) bond motifs is 5. The largest absolute Gasteiger partial charge is 0.457 e. The summed E-state index contributed by atoms with van der Waals surface area (Å²) < 4.78 is 6.46. The fraction of sp³-hybridized carbons (Fsp3) is 0.159. The Labute approximate surface area is 276 Å². The van der Waals surface area contributed by atoms with Crippen molar-refractivity contribution in [1.29, 1.82) is 0 Å². The van der Waals surface area contributed by atoms with E-state index in [1.165, 1.54) is 76.6 Å². The van der Waals surface area contributed by atoms with Crippen LogP contribution < -0.4 is 10.1 Å². The normalized spacial score (nSPS) is 17.4. The molecule has 228 valence electrons. The third-order valence-corrected chi connectivity index (χ3v) is 10.4. The van der Waals surface area contributed by atoms with E-state index in [9.17, 15) is 0 Å². The first-order valence-corrected chi connectivity index (χ1v) is 16.9. The zero-order valence-corrected chi connectivity index (χ0v) is 26.3. The standard InChI is InChI=1S/C44H36N2O/c1-3-11-33(12-4-1)42-36-13-5-7-15-39(36)45-43(46-42)34-23-21-31(22-24-34)30-17-19-32(20-18-30)35-25-26-41-38(29-35)44(27-9-2-10-28-44)37-14-6-8-16-40(37)47-41/h1,3-8,11-26,29,42H,2,9-10,27-28H2,(H,45,46). The van der Waals surface area contributed by atoms with E-state index < -0.39 is 0 Å². The summed E-state index contributed by atoms with van der Waals surface area (Å²) in [6.07, 6.45) is 6.20. The van der Waals surface area contributed by atoms with Gasteiger partial charge in [-0.25, -0.2) is 4.99 Å². The Kier molecular flexibility index (Phi) is 6.78. The summed E-state index contributed by atoms with van der Waals surface area (Å²) >= 11 is 0. The van der Waals surface area contributed by atoms with Crippen molar-refractivity contribution in [3.63, 3.8) is 0 Å². The molecule has 0 radical (unpaired) electrons. The predicted octanol–water partition coefficient (Wildman–Crippen LogP) is 11.1. The van der Waals surface area contributed by atoms with Crippen LogP contribution >= 0.6 is 0 Å². The molecule has 3 heteroatoms. The van der Waals surface area contributed by atoms with Crippen LogP contribution in [-0.2, 0) is 5.41 Å². The molecule has 6 aromatic rings. The van der Waals surface area contributed by atoms with Crippen molar-refractivity contribution in [3.8, 4) is 33.8 Å². The maximum atomic E-state index is 6.46. The number of ether oxygens (including phenoxy) is 1. The van der Waals surface area contributed by atoms with E-state index in [0.29, 0.717) is 0 Å². The average molecular weight is 609 g/mol. The quantitative estimate of drug-likeness (QED) is 0.216.